The van der Waals surface area contributed by atoms with Gasteiger partial charge in [-0.1, -0.05) is 13.3 Å². The first-order chi connectivity index (χ1) is 9.77. The maximum Gasteiger partial charge on any atom is 0.326 e. The summed E-state index contributed by atoms with van der Waals surface area (Å²) in [5, 5.41) is 26.2. The van der Waals surface area contributed by atoms with Crippen LogP contribution >= 0.6 is 0 Å². The van der Waals surface area contributed by atoms with E-state index in [4.69, 9.17) is 5.11 Å². The smallest absolute Gasteiger partial charge is 0.326 e. The number of hydrogen-bond acceptors (Lipinski definition) is 5. The van der Waals surface area contributed by atoms with Crippen LogP contribution in [0, 0.1) is 24.0 Å². The Morgan fingerprint density at radius 1 is 1.48 bits per heavy atom. The molecule has 0 aromatic carbocycles. The number of amides is 1. The van der Waals surface area contributed by atoms with Crippen molar-refractivity contribution in [3.8, 4) is 0 Å². The molecule has 1 rings (SSSR count). The topological polar surface area (TPSA) is 127 Å². The summed E-state index contributed by atoms with van der Waals surface area (Å²) in [5.41, 5.74) is 0.342. The van der Waals surface area contributed by atoms with Crippen LogP contribution in [0.5, 0.6) is 0 Å². The SMILES string of the molecule is CCCC(NC(=O)Cn1nc(C)c([N+](=O)[O-])c1C)C(=O)O. The average Bonchev–Trinajstić information content (AvgIpc) is 2.63. The largest absolute Gasteiger partial charge is 0.480 e. The van der Waals surface area contributed by atoms with Crippen LogP contribution < -0.4 is 5.32 Å². The number of nitrogens with one attached hydrogen (secondary N) is 1. The van der Waals surface area contributed by atoms with Crippen molar-refractivity contribution in [2.75, 3.05) is 0 Å². The minimum absolute atomic E-state index is 0.133. The maximum absolute atomic E-state index is 11.8. The van der Waals surface area contributed by atoms with E-state index >= 15 is 0 Å². The Labute approximate surface area is 121 Å². The van der Waals surface area contributed by atoms with Gasteiger partial charge in [-0.05, 0) is 20.3 Å². The first-order valence-corrected chi connectivity index (χ1v) is 6.48. The molecule has 0 aliphatic carbocycles. The molecule has 0 aliphatic heterocycles. The van der Waals surface area contributed by atoms with Gasteiger partial charge in [0.05, 0.1) is 4.92 Å². The fourth-order valence-corrected chi connectivity index (χ4v) is 2.03. The monoisotopic (exact) mass is 298 g/mol. The third-order valence-corrected chi connectivity index (χ3v) is 3.03. The van der Waals surface area contributed by atoms with Gasteiger partial charge in [0, 0.05) is 0 Å². The summed E-state index contributed by atoms with van der Waals surface area (Å²) in [4.78, 5) is 33.1. The Bertz CT molecular complexity index is 566. The minimum atomic E-state index is -1.11. The zero-order valence-electron chi connectivity index (χ0n) is 12.1. The summed E-state index contributed by atoms with van der Waals surface area (Å²) < 4.78 is 1.20. The Morgan fingerprint density at radius 3 is 2.52 bits per heavy atom. The standard InChI is InChI=1S/C12H18N4O5/c1-4-5-9(12(18)19)13-10(17)6-15-8(3)11(16(20)21)7(2)14-15/h9H,4-6H2,1-3H3,(H,13,17)(H,18,19). The molecule has 0 spiro atoms. The van der Waals surface area contributed by atoms with E-state index in [2.05, 4.69) is 10.4 Å². The first-order valence-electron chi connectivity index (χ1n) is 6.48. The molecule has 0 bridgehead atoms. The van der Waals surface area contributed by atoms with Crippen molar-refractivity contribution < 1.29 is 19.6 Å². The zero-order chi connectivity index (χ0) is 16.2. The lowest BCUT2D eigenvalue weighted by atomic mass is 10.1. The van der Waals surface area contributed by atoms with E-state index in [0.29, 0.717) is 12.8 Å². The molecule has 1 heterocycles. The molecular weight excluding hydrogens is 280 g/mol. The van der Waals surface area contributed by atoms with Crippen LogP contribution in [0.1, 0.15) is 31.2 Å². The fraction of sp³-hybridized carbons (Fsp3) is 0.583. The quantitative estimate of drug-likeness (QED) is 0.565. The van der Waals surface area contributed by atoms with Crippen LogP contribution in [-0.4, -0.2) is 37.7 Å². The van der Waals surface area contributed by atoms with Crippen molar-refractivity contribution in [2.24, 2.45) is 0 Å². The number of nitro groups is 1. The minimum Gasteiger partial charge on any atom is -0.480 e. The summed E-state index contributed by atoms with van der Waals surface area (Å²) in [5.74, 6) is -1.65. The van der Waals surface area contributed by atoms with Crippen LogP contribution in [0.2, 0.25) is 0 Å². The molecule has 21 heavy (non-hydrogen) atoms. The van der Waals surface area contributed by atoms with Gasteiger partial charge in [0.25, 0.3) is 0 Å². The van der Waals surface area contributed by atoms with Crippen molar-refractivity contribution in [1.29, 1.82) is 0 Å². The highest BCUT2D eigenvalue weighted by molar-refractivity contribution is 5.83. The highest BCUT2D eigenvalue weighted by Gasteiger charge is 2.24. The number of aryl methyl sites for hydroxylation is 1. The summed E-state index contributed by atoms with van der Waals surface area (Å²) in [6.45, 7) is 4.53. The molecule has 1 amide bonds. The molecule has 0 aliphatic rings. The zero-order valence-corrected chi connectivity index (χ0v) is 12.1. The van der Waals surface area contributed by atoms with E-state index < -0.39 is 22.8 Å². The highest BCUT2D eigenvalue weighted by atomic mass is 16.6. The average molecular weight is 298 g/mol. The Hall–Kier alpha value is -2.45. The van der Waals surface area contributed by atoms with E-state index in [1.807, 2.05) is 6.92 Å². The predicted octanol–water partition coefficient (Wildman–Crippen LogP) is 0.778. The number of carbonyl (C=O) groups is 2. The van der Waals surface area contributed by atoms with E-state index in [0.717, 1.165) is 0 Å². The second-order valence-electron chi connectivity index (χ2n) is 4.68. The van der Waals surface area contributed by atoms with Gasteiger partial charge in [-0.3, -0.25) is 19.6 Å². The van der Waals surface area contributed by atoms with Gasteiger partial charge in [0.2, 0.25) is 5.91 Å². The van der Waals surface area contributed by atoms with Crippen LogP contribution in [0.25, 0.3) is 0 Å². The van der Waals surface area contributed by atoms with Gasteiger partial charge < -0.3 is 10.4 Å². The molecule has 0 fully saturated rings. The van der Waals surface area contributed by atoms with Gasteiger partial charge in [0.1, 0.15) is 24.0 Å². The molecule has 9 nitrogen and oxygen atoms in total. The summed E-state index contributed by atoms with van der Waals surface area (Å²) in [6, 6.07) is -0.963. The lowest BCUT2D eigenvalue weighted by Gasteiger charge is -2.13. The second kappa shape index (κ2) is 6.82. The number of aliphatic carboxylic acids is 1. The van der Waals surface area contributed by atoms with Gasteiger partial charge >= 0.3 is 11.7 Å². The summed E-state index contributed by atoms with van der Waals surface area (Å²) in [7, 11) is 0. The molecule has 0 radical (unpaired) electrons. The van der Waals surface area contributed by atoms with Gasteiger partial charge in [-0.2, -0.15) is 5.10 Å². The number of nitrogens with zero attached hydrogens (tertiary/aromatic N) is 3. The van der Waals surface area contributed by atoms with Crippen molar-refractivity contribution >= 4 is 17.6 Å². The van der Waals surface area contributed by atoms with E-state index in [-0.39, 0.29) is 23.6 Å². The number of aromatic nitrogens is 2. The normalized spacial score (nSPS) is 12.0. The molecule has 1 unspecified atom stereocenters. The van der Waals surface area contributed by atoms with Gasteiger partial charge in [-0.15, -0.1) is 0 Å². The van der Waals surface area contributed by atoms with Crippen LogP contribution in [0.3, 0.4) is 0 Å². The molecule has 1 aromatic heterocycles. The number of hydrogen-bond donors (Lipinski definition) is 2. The van der Waals surface area contributed by atoms with Crippen molar-refractivity contribution in [2.45, 2.75) is 46.2 Å². The summed E-state index contributed by atoms with van der Waals surface area (Å²) >= 11 is 0. The number of carboxylic acid groups (broad SMARTS) is 1. The van der Waals surface area contributed by atoms with Crippen LogP contribution in [0.15, 0.2) is 0 Å². The summed E-state index contributed by atoms with van der Waals surface area (Å²) in [6.07, 6.45) is 0.932. The lowest BCUT2D eigenvalue weighted by Crippen LogP contribution is -2.42. The number of rotatable bonds is 7. The van der Waals surface area contributed by atoms with Crippen LogP contribution in [0.4, 0.5) is 5.69 Å². The van der Waals surface area contributed by atoms with Crippen molar-refractivity contribution in [1.82, 2.24) is 15.1 Å². The molecule has 2 N–H and O–H groups in total. The number of carboxylic acids is 1. The van der Waals surface area contributed by atoms with Crippen LogP contribution in [-0.2, 0) is 16.1 Å². The van der Waals surface area contributed by atoms with E-state index in [9.17, 15) is 19.7 Å². The lowest BCUT2D eigenvalue weighted by molar-refractivity contribution is -0.386. The van der Waals surface area contributed by atoms with Crippen molar-refractivity contribution in [3.05, 3.63) is 21.5 Å². The highest BCUT2D eigenvalue weighted by Crippen LogP contribution is 2.21. The van der Waals surface area contributed by atoms with Gasteiger partial charge in [-0.25, -0.2) is 4.79 Å². The van der Waals surface area contributed by atoms with E-state index in [1.165, 1.54) is 18.5 Å². The fourth-order valence-electron chi connectivity index (χ4n) is 2.03. The molecule has 0 saturated carbocycles. The molecule has 116 valence electrons. The predicted molar refractivity (Wildman–Crippen MR) is 72.8 cm³/mol. The maximum atomic E-state index is 11.8. The molecular formula is C12H18N4O5. The number of carbonyl (C=O) groups excluding carboxylic acids is 1. The van der Waals surface area contributed by atoms with Gasteiger partial charge in [0.15, 0.2) is 0 Å². The molecule has 1 aromatic rings. The van der Waals surface area contributed by atoms with E-state index in [1.54, 1.807) is 0 Å². The third-order valence-electron chi connectivity index (χ3n) is 3.03. The first kappa shape index (κ1) is 16.6. The Morgan fingerprint density at radius 2 is 2.10 bits per heavy atom. The molecule has 1 atom stereocenters. The second-order valence-corrected chi connectivity index (χ2v) is 4.68. The Balaban J connectivity index is 2.82. The van der Waals surface area contributed by atoms with Crippen molar-refractivity contribution in [3.63, 3.8) is 0 Å². The Kier molecular flexibility index (Phi) is 5.39. The molecule has 9 heteroatoms. The molecule has 0 saturated heterocycles. The third kappa shape index (κ3) is 4.01.